The zero-order valence-electron chi connectivity index (χ0n) is 21.9. The number of methoxy groups -OCH3 is 1. The second kappa shape index (κ2) is 11.0. The molecule has 1 N–H and O–H groups in total. The van der Waals surface area contributed by atoms with Crippen LogP contribution in [0.5, 0.6) is 11.6 Å². The first kappa shape index (κ1) is 25.4. The van der Waals surface area contributed by atoms with E-state index in [4.69, 9.17) is 14.6 Å². The Morgan fingerprint density at radius 3 is 2.66 bits per heavy atom. The molecule has 10 heteroatoms. The maximum atomic E-state index is 12.6. The molecule has 1 unspecified atom stereocenters. The number of rotatable bonds is 9. The third kappa shape index (κ3) is 5.25. The summed E-state index contributed by atoms with van der Waals surface area (Å²) in [7, 11) is 1.63. The lowest BCUT2D eigenvalue weighted by Crippen LogP contribution is -2.33. The summed E-state index contributed by atoms with van der Waals surface area (Å²) in [6.07, 6.45) is 2.89. The number of fused-ring (bicyclic) bond motifs is 1. The highest BCUT2D eigenvalue weighted by atomic mass is 16.5. The molecule has 0 saturated heterocycles. The van der Waals surface area contributed by atoms with Crippen LogP contribution < -0.4 is 14.9 Å². The van der Waals surface area contributed by atoms with Gasteiger partial charge in [0, 0.05) is 49.8 Å². The molecule has 0 aliphatic carbocycles. The number of aryl methyl sites for hydroxylation is 1. The number of hydrogen-bond acceptors (Lipinski definition) is 7. The first-order valence-corrected chi connectivity index (χ1v) is 13.0. The minimum Gasteiger partial charge on any atom is -0.494 e. The van der Waals surface area contributed by atoms with Crippen molar-refractivity contribution in [2.75, 3.05) is 20.3 Å². The van der Waals surface area contributed by atoms with Crippen LogP contribution in [0.25, 0.3) is 5.52 Å². The van der Waals surface area contributed by atoms with Crippen LogP contribution in [-0.4, -0.2) is 58.1 Å². The molecule has 2 aliphatic rings. The van der Waals surface area contributed by atoms with Crippen LogP contribution in [0.1, 0.15) is 56.4 Å². The number of ether oxygens (including phenoxy) is 2. The second-order valence-electron chi connectivity index (χ2n) is 9.50. The summed E-state index contributed by atoms with van der Waals surface area (Å²) in [6, 6.07) is 13.6. The van der Waals surface area contributed by atoms with Crippen LogP contribution in [-0.2, 0) is 16.0 Å². The monoisotopic (exact) mass is 516 g/mol. The van der Waals surface area contributed by atoms with Gasteiger partial charge in [-0.2, -0.15) is 15.3 Å². The number of benzene rings is 1. The van der Waals surface area contributed by atoms with Gasteiger partial charge >= 0.3 is 0 Å². The maximum absolute atomic E-state index is 12.6. The lowest BCUT2D eigenvalue weighted by Gasteiger charge is -2.24. The average molecular weight is 517 g/mol. The number of nitrogens with one attached hydrogen (secondary N) is 1. The Morgan fingerprint density at radius 2 is 1.92 bits per heavy atom. The van der Waals surface area contributed by atoms with Gasteiger partial charge in [-0.3, -0.25) is 9.59 Å². The van der Waals surface area contributed by atoms with E-state index in [1.54, 1.807) is 16.6 Å². The van der Waals surface area contributed by atoms with Crippen LogP contribution in [0.3, 0.4) is 0 Å². The molecule has 2 aliphatic heterocycles. The summed E-state index contributed by atoms with van der Waals surface area (Å²) >= 11 is 0. The number of carbonyl (C=O) groups excluding carboxylic acids is 2. The minimum absolute atomic E-state index is 0.0138. The lowest BCUT2D eigenvalue weighted by atomic mass is 9.94. The summed E-state index contributed by atoms with van der Waals surface area (Å²) in [5.41, 5.74) is 8.10. The summed E-state index contributed by atoms with van der Waals surface area (Å²) in [5, 5.41) is 15.1. The average Bonchev–Trinajstić information content (AvgIpc) is 3.37. The van der Waals surface area contributed by atoms with E-state index >= 15 is 0 Å². The smallest absolute Gasteiger partial charge is 0.243 e. The van der Waals surface area contributed by atoms with Crippen LogP contribution in [0.15, 0.2) is 52.7 Å². The molecular weight excluding hydrogens is 484 g/mol. The van der Waals surface area contributed by atoms with Gasteiger partial charge in [-0.05, 0) is 48.4 Å². The number of aromatic nitrogens is 2. The zero-order valence-corrected chi connectivity index (χ0v) is 21.9. The van der Waals surface area contributed by atoms with Gasteiger partial charge in [0.1, 0.15) is 5.75 Å². The fourth-order valence-corrected chi connectivity index (χ4v) is 4.77. The van der Waals surface area contributed by atoms with Crippen molar-refractivity contribution in [3.63, 3.8) is 0 Å². The minimum atomic E-state index is -0.0605. The molecule has 1 atom stereocenters. The molecule has 5 rings (SSSR count). The van der Waals surface area contributed by atoms with E-state index in [0.717, 1.165) is 45.9 Å². The topological polar surface area (TPSA) is 110 Å². The van der Waals surface area contributed by atoms with Crippen molar-refractivity contribution in [1.82, 2.24) is 20.0 Å². The maximum Gasteiger partial charge on any atom is 0.243 e. The number of carbonyl (C=O) groups is 2. The van der Waals surface area contributed by atoms with Crippen molar-refractivity contribution in [3.05, 3.63) is 59.3 Å². The van der Waals surface area contributed by atoms with Gasteiger partial charge in [0.2, 0.25) is 17.7 Å². The summed E-state index contributed by atoms with van der Waals surface area (Å²) in [4.78, 5) is 24.1. The fraction of sp³-hybridized carbons (Fsp3) is 0.393. The zero-order chi connectivity index (χ0) is 26.6. The Kier molecular flexibility index (Phi) is 7.39. The van der Waals surface area contributed by atoms with Crippen molar-refractivity contribution in [3.8, 4) is 11.6 Å². The van der Waals surface area contributed by atoms with Crippen LogP contribution in [0, 0.1) is 5.92 Å². The molecule has 0 radical (unpaired) electrons. The van der Waals surface area contributed by atoms with Crippen molar-refractivity contribution < 1.29 is 19.1 Å². The van der Waals surface area contributed by atoms with E-state index in [2.05, 4.69) is 28.6 Å². The van der Waals surface area contributed by atoms with Crippen molar-refractivity contribution in [1.29, 1.82) is 0 Å². The number of hydrazone groups is 2. The van der Waals surface area contributed by atoms with Gasteiger partial charge in [0.15, 0.2) is 0 Å². The largest absolute Gasteiger partial charge is 0.494 e. The Bertz CT molecular complexity index is 1410. The van der Waals surface area contributed by atoms with Gasteiger partial charge in [-0.15, -0.1) is 0 Å². The number of pyridine rings is 1. The molecule has 2 aromatic heterocycles. The Balaban J connectivity index is 1.21. The summed E-state index contributed by atoms with van der Waals surface area (Å²) < 4.78 is 13.2. The summed E-state index contributed by atoms with van der Waals surface area (Å²) in [6.45, 7) is 4.99. The summed E-state index contributed by atoms with van der Waals surface area (Å²) in [5.74, 6) is 1.42. The van der Waals surface area contributed by atoms with Crippen LogP contribution in [0.2, 0.25) is 0 Å². The van der Waals surface area contributed by atoms with E-state index in [0.29, 0.717) is 44.7 Å². The van der Waals surface area contributed by atoms with Crippen LogP contribution >= 0.6 is 0 Å². The predicted octanol–water partition coefficient (Wildman–Crippen LogP) is 3.56. The third-order valence-electron chi connectivity index (χ3n) is 6.82. The molecule has 0 fully saturated rings. The highest BCUT2D eigenvalue weighted by Gasteiger charge is 2.24. The molecule has 38 heavy (non-hydrogen) atoms. The normalized spacial score (nSPS) is 17.8. The predicted molar refractivity (Wildman–Crippen MR) is 144 cm³/mol. The molecule has 0 spiro atoms. The fourth-order valence-electron chi connectivity index (χ4n) is 4.77. The molecule has 10 nitrogen and oxygen atoms in total. The molecule has 1 aromatic carbocycles. The van der Waals surface area contributed by atoms with Crippen molar-refractivity contribution in [2.24, 2.45) is 16.1 Å². The Morgan fingerprint density at radius 1 is 1.11 bits per heavy atom. The quantitative estimate of drug-likeness (QED) is 0.438. The molecular formula is C28H32N6O4. The van der Waals surface area contributed by atoms with E-state index < -0.39 is 0 Å². The molecule has 198 valence electrons. The highest BCUT2D eigenvalue weighted by molar-refractivity contribution is 6.09. The molecule has 0 saturated carbocycles. The Hall–Kier alpha value is -4.21. The van der Waals surface area contributed by atoms with Gasteiger partial charge in [0.25, 0.3) is 0 Å². The Labute approximate surface area is 221 Å². The SMILES string of the molecule is CCc1cc2c(C3=NN(CCCOc4ccc(C5=NNC(=O)CC5C)cc4)C(=O)CC3)ccc(OC)n2n1. The van der Waals surface area contributed by atoms with Gasteiger partial charge in [-0.25, -0.2) is 15.0 Å². The molecule has 0 bridgehead atoms. The van der Waals surface area contributed by atoms with E-state index in [1.807, 2.05) is 43.3 Å². The molecule has 4 heterocycles. The highest BCUT2D eigenvalue weighted by Crippen LogP contribution is 2.25. The molecule has 3 aromatic rings. The lowest BCUT2D eigenvalue weighted by molar-refractivity contribution is -0.131. The molecule has 2 amide bonds. The van der Waals surface area contributed by atoms with E-state index in [1.165, 1.54) is 0 Å². The van der Waals surface area contributed by atoms with Crippen molar-refractivity contribution in [2.45, 2.75) is 46.0 Å². The van der Waals surface area contributed by atoms with E-state index in [-0.39, 0.29) is 17.7 Å². The van der Waals surface area contributed by atoms with Gasteiger partial charge in [-0.1, -0.05) is 13.8 Å². The van der Waals surface area contributed by atoms with E-state index in [9.17, 15) is 9.59 Å². The number of nitrogens with zero attached hydrogens (tertiary/aromatic N) is 5. The van der Waals surface area contributed by atoms with Gasteiger partial charge in [0.05, 0.1) is 36.4 Å². The van der Waals surface area contributed by atoms with Gasteiger partial charge < -0.3 is 9.47 Å². The first-order chi connectivity index (χ1) is 18.5. The first-order valence-electron chi connectivity index (χ1n) is 13.0. The standard InChI is InChI=1S/C28H32N6O4/c1-4-20-17-24-22(10-13-27(37-3)34(24)31-20)23-11-12-26(36)33(32-23)14-5-15-38-21-8-6-19(7-9-21)28-18(2)16-25(35)29-30-28/h6-10,13,17-18H,4-5,11-12,14-16H2,1-3H3,(H,29,35). The second-order valence-corrected chi connectivity index (χ2v) is 9.50. The van der Waals surface area contributed by atoms with Crippen LogP contribution in [0.4, 0.5) is 0 Å². The number of amides is 2. The third-order valence-corrected chi connectivity index (χ3v) is 6.82. The van der Waals surface area contributed by atoms with Crippen molar-refractivity contribution >= 4 is 28.8 Å². The number of hydrogen-bond donors (Lipinski definition) is 1.